The van der Waals surface area contributed by atoms with Gasteiger partial charge in [0.25, 0.3) is 0 Å². The van der Waals surface area contributed by atoms with Crippen LogP contribution in [0.1, 0.15) is 22.3 Å². The summed E-state index contributed by atoms with van der Waals surface area (Å²) in [5, 5.41) is 0. The smallest absolute Gasteiger partial charge is 0.0958 e. The van der Waals surface area contributed by atoms with Crippen LogP contribution in [0.2, 0.25) is 0 Å². The molecule has 1 aromatic rings. The second-order valence-corrected chi connectivity index (χ2v) is 5.77. The summed E-state index contributed by atoms with van der Waals surface area (Å²) in [6.07, 6.45) is 1.32. The van der Waals surface area contributed by atoms with Gasteiger partial charge in [-0.25, -0.2) is 0 Å². The predicted octanol–water partition coefficient (Wildman–Crippen LogP) is 2.86. The van der Waals surface area contributed by atoms with Crippen molar-refractivity contribution >= 4 is 27.3 Å². The SMILES string of the molecule is Cc1sc(C2OCCC2CN)cc1Br. The number of hydrogen-bond acceptors (Lipinski definition) is 3. The van der Waals surface area contributed by atoms with Gasteiger partial charge in [0.1, 0.15) is 0 Å². The van der Waals surface area contributed by atoms with Crippen LogP contribution in [0.4, 0.5) is 0 Å². The van der Waals surface area contributed by atoms with Gasteiger partial charge in [-0.05, 0) is 41.9 Å². The van der Waals surface area contributed by atoms with E-state index in [1.54, 1.807) is 11.3 Å². The number of hydrogen-bond donors (Lipinski definition) is 1. The van der Waals surface area contributed by atoms with Crippen molar-refractivity contribution in [1.82, 2.24) is 0 Å². The normalized spacial score (nSPS) is 27.1. The van der Waals surface area contributed by atoms with Crippen LogP contribution in [-0.4, -0.2) is 13.2 Å². The lowest BCUT2D eigenvalue weighted by atomic mass is 10.0. The molecule has 0 saturated carbocycles. The van der Waals surface area contributed by atoms with Gasteiger partial charge in [0.05, 0.1) is 6.10 Å². The van der Waals surface area contributed by atoms with Gasteiger partial charge in [-0.15, -0.1) is 11.3 Å². The number of thiophene rings is 1. The minimum absolute atomic E-state index is 0.231. The van der Waals surface area contributed by atoms with Crippen molar-refractivity contribution in [2.75, 3.05) is 13.2 Å². The van der Waals surface area contributed by atoms with Crippen LogP contribution in [0, 0.1) is 12.8 Å². The van der Waals surface area contributed by atoms with E-state index >= 15 is 0 Å². The van der Waals surface area contributed by atoms with Crippen molar-refractivity contribution in [2.45, 2.75) is 19.4 Å². The van der Waals surface area contributed by atoms with E-state index in [4.69, 9.17) is 10.5 Å². The molecule has 14 heavy (non-hydrogen) atoms. The highest BCUT2D eigenvalue weighted by Gasteiger charge is 2.29. The summed E-state index contributed by atoms with van der Waals surface area (Å²) in [7, 11) is 0. The lowest BCUT2D eigenvalue weighted by Crippen LogP contribution is -2.17. The maximum absolute atomic E-state index is 5.72. The molecule has 2 nitrogen and oxygen atoms in total. The van der Waals surface area contributed by atoms with Crippen molar-refractivity contribution in [3.8, 4) is 0 Å². The molecule has 4 heteroatoms. The summed E-state index contributed by atoms with van der Waals surface area (Å²) in [4.78, 5) is 2.62. The Bertz CT molecular complexity index is 306. The van der Waals surface area contributed by atoms with Gasteiger partial charge in [-0.1, -0.05) is 0 Å². The Morgan fingerprint density at radius 3 is 3.07 bits per heavy atom. The van der Waals surface area contributed by atoms with E-state index in [1.165, 1.54) is 14.2 Å². The Morgan fingerprint density at radius 1 is 1.71 bits per heavy atom. The molecule has 2 N–H and O–H groups in total. The number of halogens is 1. The molecule has 2 heterocycles. The third kappa shape index (κ3) is 1.89. The zero-order valence-electron chi connectivity index (χ0n) is 8.13. The summed E-state index contributed by atoms with van der Waals surface area (Å²) < 4.78 is 6.90. The third-order valence-corrected chi connectivity index (χ3v) is 4.87. The molecule has 0 amide bonds. The third-order valence-electron chi connectivity index (χ3n) is 2.67. The van der Waals surface area contributed by atoms with Crippen LogP contribution >= 0.6 is 27.3 Å². The first kappa shape index (κ1) is 10.6. The lowest BCUT2D eigenvalue weighted by Gasteiger charge is -2.14. The summed E-state index contributed by atoms with van der Waals surface area (Å²) in [5.74, 6) is 0.500. The Labute approximate surface area is 96.6 Å². The van der Waals surface area contributed by atoms with E-state index in [0.717, 1.165) is 19.6 Å². The minimum Gasteiger partial charge on any atom is -0.372 e. The second kappa shape index (κ2) is 4.31. The Balaban J connectivity index is 2.21. The van der Waals surface area contributed by atoms with Crippen LogP contribution in [0.3, 0.4) is 0 Å². The Morgan fingerprint density at radius 2 is 2.50 bits per heavy atom. The molecule has 1 aliphatic heterocycles. The number of rotatable bonds is 2. The van der Waals surface area contributed by atoms with E-state index in [9.17, 15) is 0 Å². The average molecular weight is 276 g/mol. The van der Waals surface area contributed by atoms with Crippen LogP contribution in [-0.2, 0) is 4.74 Å². The van der Waals surface area contributed by atoms with E-state index in [1.807, 2.05) is 0 Å². The Hall–Kier alpha value is 0.100. The monoisotopic (exact) mass is 275 g/mol. The summed E-state index contributed by atoms with van der Waals surface area (Å²) in [6, 6.07) is 2.17. The van der Waals surface area contributed by atoms with Gasteiger partial charge in [0.15, 0.2) is 0 Å². The van der Waals surface area contributed by atoms with Crippen molar-refractivity contribution in [3.63, 3.8) is 0 Å². The van der Waals surface area contributed by atoms with E-state index < -0.39 is 0 Å². The Kier molecular flexibility index (Phi) is 3.27. The molecule has 1 aliphatic rings. The van der Waals surface area contributed by atoms with Crippen molar-refractivity contribution in [3.05, 3.63) is 20.3 Å². The summed E-state index contributed by atoms with van der Waals surface area (Å²) >= 11 is 5.33. The first-order valence-corrected chi connectivity index (χ1v) is 6.41. The van der Waals surface area contributed by atoms with Crippen molar-refractivity contribution in [1.29, 1.82) is 0 Å². The van der Waals surface area contributed by atoms with Crippen molar-refractivity contribution in [2.24, 2.45) is 11.7 Å². The van der Waals surface area contributed by atoms with Crippen LogP contribution in [0.5, 0.6) is 0 Å². The van der Waals surface area contributed by atoms with Crippen LogP contribution < -0.4 is 5.73 Å². The maximum Gasteiger partial charge on any atom is 0.0958 e. The largest absolute Gasteiger partial charge is 0.372 e. The van der Waals surface area contributed by atoms with Gasteiger partial charge in [-0.2, -0.15) is 0 Å². The second-order valence-electron chi connectivity index (χ2n) is 3.63. The summed E-state index contributed by atoms with van der Waals surface area (Å²) in [6.45, 7) is 3.69. The first-order chi connectivity index (χ1) is 6.72. The number of nitrogens with two attached hydrogens (primary N) is 1. The predicted molar refractivity (Wildman–Crippen MR) is 62.6 cm³/mol. The first-order valence-electron chi connectivity index (χ1n) is 4.80. The fourth-order valence-electron chi connectivity index (χ4n) is 1.81. The fourth-order valence-corrected chi connectivity index (χ4v) is 3.52. The van der Waals surface area contributed by atoms with E-state index in [0.29, 0.717) is 5.92 Å². The number of ether oxygens (including phenoxy) is 1. The molecule has 1 saturated heterocycles. The fraction of sp³-hybridized carbons (Fsp3) is 0.600. The van der Waals surface area contributed by atoms with Gasteiger partial charge in [0, 0.05) is 26.8 Å². The van der Waals surface area contributed by atoms with Crippen LogP contribution in [0.15, 0.2) is 10.5 Å². The summed E-state index contributed by atoms with van der Waals surface area (Å²) in [5.41, 5.74) is 5.72. The van der Waals surface area contributed by atoms with E-state index in [-0.39, 0.29) is 6.10 Å². The highest BCUT2D eigenvalue weighted by Crippen LogP contribution is 2.39. The zero-order chi connectivity index (χ0) is 10.1. The molecular formula is C10H14BrNOS. The average Bonchev–Trinajstić information content (AvgIpc) is 2.73. The van der Waals surface area contributed by atoms with Crippen LogP contribution in [0.25, 0.3) is 0 Å². The van der Waals surface area contributed by atoms with Gasteiger partial charge < -0.3 is 10.5 Å². The standard InChI is InChI=1S/C10H14BrNOS/c1-6-8(11)4-9(14-6)10-7(5-12)2-3-13-10/h4,7,10H,2-3,5,12H2,1H3. The molecule has 0 aliphatic carbocycles. The molecule has 78 valence electrons. The molecule has 0 bridgehead atoms. The quantitative estimate of drug-likeness (QED) is 0.901. The molecule has 0 aromatic carbocycles. The van der Waals surface area contributed by atoms with Crippen molar-refractivity contribution < 1.29 is 4.74 Å². The molecule has 2 unspecified atom stereocenters. The van der Waals surface area contributed by atoms with E-state index in [2.05, 4.69) is 28.9 Å². The molecule has 2 rings (SSSR count). The van der Waals surface area contributed by atoms with Gasteiger partial charge in [-0.3, -0.25) is 0 Å². The highest BCUT2D eigenvalue weighted by atomic mass is 79.9. The minimum atomic E-state index is 0.231. The molecule has 0 radical (unpaired) electrons. The molecule has 1 fully saturated rings. The maximum atomic E-state index is 5.72. The lowest BCUT2D eigenvalue weighted by molar-refractivity contribution is 0.0953. The van der Waals surface area contributed by atoms with Gasteiger partial charge >= 0.3 is 0 Å². The molecular weight excluding hydrogens is 262 g/mol. The van der Waals surface area contributed by atoms with Gasteiger partial charge in [0.2, 0.25) is 0 Å². The molecule has 2 atom stereocenters. The topological polar surface area (TPSA) is 35.2 Å². The highest BCUT2D eigenvalue weighted by molar-refractivity contribution is 9.10. The zero-order valence-corrected chi connectivity index (χ0v) is 10.5. The number of aryl methyl sites for hydroxylation is 1. The molecule has 1 aromatic heterocycles. The molecule has 0 spiro atoms.